The van der Waals surface area contributed by atoms with Gasteiger partial charge in [0.1, 0.15) is 4.90 Å². The normalized spacial score (nSPS) is 17.7. The Morgan fingerprint density at radius 1 is 1.35 bits per heavy atom. The van der Waals surface area contributed by atoms with Crippen LogP contribution in [0.25, 0.3) is 10.9 Å². The summed E-state index contributed by atoms with van der Waals surface area (Å²) in [6.45, 7) is 4.05. The first-order valence-electron chi connectivity index (χ1n) is 7.58. The fourth-order valence-electron chi connectivity index (χ4n) is 3.20. The van der Waals surface area contributed by atoms with Crippen LogP contribution in [0.5, 0.6) is 0 Å². The molecule has 1 saturated carbocycles. The Balaban J connectivity index is 0.00000192. The molecule has 1 heterocycles. The second kappa shape index (κ2) is 6.09. The smallest absolute Gasteiger partial charge is 0.243 e. The van der Waals surface area contributed by atoms with Crippen molar-refractivity contribution < 1.29 is 8.42 Å². The summed E-state index contributed by atoms with van der Waals surface area (Å²) < 4.78 is 30.8. The van der Waals surface area contributed by atoms with Crippen molar-refractivity contribution in [1.82, 2.24) is 9.29 Å². The summed E-state index contributed by atoms with van der Waals surface area (Å²) in [7, 11) is -1.73. The van der Waals surface area contributed by atoms with Gasteiger partial charge in [-0.25, -0.2) is 13.1 Å². The van der Waals surface area contributed by atoms with Gasteiger partial charge >= 0.3 is 0 Å². The number of nitrogens with zero attached hydrogens (tertiary/aromatic N) is 1. The second-order valence-corrected chi connectivity index (χ2v) is 8.11. The predicted octanol–water partition coefficient (Wildman–Crippen LogP) is 2.31. The Labute approximate surface area is 143 Å². The molecule has 1 unspecified atom stereocenters. The van der Waals surface area contributed by atoms with Crippen molar-refractivity contribution in [2.45, 2.75) is 37.1 Å². The Morgan fingerprint density at radius 3 is 2.52 bits per heavy atom. The van der Waals surface area contributed by atoms with E-state index in [1.54, 1.807) is 0 Å². The van der Waals surface area contributed by atoms with Gasteiger partial charge in [0.15, 0.2) is 0 Å². The molecule has 1 aromatic carbocycles. The Morgan fingerprint density at radius 2 is 1.96 bits per heavy atom. The van der Waals surface area contributed by atoms with Crippen LogP contribution in [-0.2, 0) is 17.1 Å². The van der Waals surface area contributed by atoms with Crippen LogP contribution < -0.4 is 10.5 Å². The number of rotatable bonds is 5. The van der Waals surface area contributed by atoms with Crippen LogP contribution >= 0.6 is 12.4 Å². The van der Waals surface area contributed by atoms with Gasteiger partial charge in [-0.05, 0) is 38.7 Å². The fourth-order valence-corrected chi connectivity index (χ4v) is 5.15. The first-order valence-corrected chi connectivity index (χ1v) is 9.06. The average molecular weight is 358 g/mol. The molecule has 1 fully saturated rings. The molecule has 1 aliphatic carbocycles. The van der Waals surface area contributed by atoms with Gasteiger partial charge in [-0.1, -0.05) is 18.2 Å². The van der Waals surface area contributed by atoms with Crippen molar-refractivity contribution in [3.8, 4) is 0 Å². The van der Waals surface area contributed by atoms with E-state index in [4.69, 9.17) is 5.73 Å². The van der Waals surface area contributed by atoms with E-state index < -0.39 is 15.6 Å². The highest BCUT2D eigenvalue weighted by atomic mass is 35.5. The highest BCUT2D eigenvalue weighted by Crippen LogP contribution is 2.40. The molecule has 1 atom stereocenters. The van der Waals surface area contributed by atoms with E-state index in [0.29, 0.717) is 17.4 Å². The number of nitrogens with two attached hydrogens (primary N) is 1. The first kappa shape index (κ1) is 18.3. The van der Waals surface area contributed by atoms with E-state index >= 15 is 0 Å². The van der Waals surface area contributed by atoms with E-state index in [-0.39, 0.29) is 12.4 Å². The summed E-state index contributed by atoms with van der Waals surface area (Å²) in [5, 5.41) is 0.755. The van der Waals surface area contributed by atoms with Gasteiger partial charge in [-0.15, -0.1) is 12.4 Å². The Kier molecular flexibility index (Phi) is 4.84. The SMILES string of the molecule is Cc1c(S(=O)(=O)NC(C)(CN)C2CC2)c2ccccc2n1C.Cl. The molecule has 0 saturated heterocycles. The molecule has 0 spiro atoms. The highest BCUT2D eigenvalue weighted by Gasteiger charge is 2.44. The lowest BCUT2D eigenvalue weighted by atomic mass is 9.98. The van der Waals surface area contributed by atoms with Crippen LogP contribution in [0.2, 0.25) is 0 Å². The van der Waals surface area contributed by atoms with Crippen molar-refractivity contribution in [1.29, 1.82) is 0 Å². The third-order valence-corrected chi connectivity index (χ3v) is 6.67. The molecule has 0 bridgehead atoms. The van der Waals surface area contributed by atoms with Crippen LogP contribution in [0.15, 0.2) is 29.2 Å². The zero-order chi connectivity index (χ0) is 16.1. The van der Waals surface area contributed by atoms with Gasteiger partial charge in [0.2, 0.25) is 10.0 Å². The number of aryl methyl sites for hydroxylation is 1. The number of aromatic nitrogens is 1. The molecule has 23 heavy (non-hydrogen) atoms. The zero-order valence-corrected chi connectivity index (χ0v) is 15.3. The molecule has 0 radical (unpaired) electrons. The van der Waals surface area contributed by atoms with Crippen LogP contribution in [0.4, 0.5) is 0 Å². The number of sulfonamides is 1. The molecular formula is C16H24ClN3O2S. The number of halogens is 1. The number of fused-ring (bicyclic) bond motifs is 1. The molecule has 1 aromatic heterocycles. The number of nitrogens with one attached hydrogen (secondary N) is 1. The lowest BCUT2D eigenvalue weighted by Crippen LogP contribution is -2.53. The van der Waals surface area contributed by atoms with E-state index in [1.807, 2.05) is 49.7 Å². The number of para-hydroxylation sites is 1. The minimum absolute atomic E-state index is 0. The first-order chi connectivity index (χ1) is 10.3. The molecule has 7 heteroatoms. The lowest BCUT2D eigenvalue weighted by Gasteiger charge is -2.29. The van der Waals surface area contributed by atoms with E-state index in [9.17, 15) is 8.42 Å². The fraction of sp³-hybridized carbons (Fsp3) is 0.500. The summed E-state index contributed by atoms with van der Waals surface area (Å²) in [6, 6.07) is 7.57. The van der Waals surface area contributed by atoms with Gasteiger partial charge in [0.05, 0.1) is 0 Å². The molecular weight excluding hydrogens is 334 g/mol. The molecule has 128 valence electrons. The standard InChI is InChI=1S/C16H23N3O2S.ClH/c1-11-15(13-6-4-5-7-14(13)19(11)3)22(20,21)18-16(2,10-17)12-8-9-12;/h4-7,12,18H,8-10,17H2,1-3H3;1H. The predicted molar refractivity (Wildman–Crippen MR) is 95.4 cm³/mol. The molecule has 5 nitrogen and oxygen atoms in total. The summed E-state index contributed by atoms with van der Waals surface area (Å²) >= 11 is 0. The topological polar surface area (TPSA) is 77.1 Å². The summed E-state index contributed by atoms with van der Waals surface area (Å²) in [4.78, 5) is 0.367. The van der Waals surface area contributed by atoms with E-state index in [0.717, 1.165) is 29.4 Å². The van der Waals surface area contributed by atoms with Gasteiger partial charge in [-0.3, -0.25) is 0 Å². The van der Waals surface area contributed by atoms with Crippen molar-refractivity contribution in [2.75, 3.05) is 6.54 Å². The third-order valence-electron chi connectivity index (χ3n) is 4.88. The van der Waals surface area contributed by atoms with E-state index in [2.05, 4.69) is 4.72 Å². The van der Waals surface area contributed by atoms with Gasteiger partial charge in [-0.2, -0.15) is 0 Å². The largest absolute Gasteiger partial charge is 0.347 e. The Hall–Kier alpha value is -1.08. The molecule has 3 rings (SSSR count). The lowest BCUT2D eigenvalue weighted by molar-refractivity contribution is 0.374. The minimum atomic E-state index is -3.62. The van der Waals surface area contributed by atoms with Gasteiger partial charge in [0, 0.05) is 35.7 Å². The van der Waals surface area contributed by atoms with Gasteiger partial charge in [0.25, 0.3) is 0 Å². The maximum Gasteiger partial charge on any atom is 0.243 e. The molecule has 1 aliphatic rings. The molecule has 3 N–H and O–H groups in total. The van der Waals surface area contributed by atoms with Crippen molar-refractivity contribution in [3.63, 3.8) is 0 Å². The molecule has 0 aliphatic heterocycles. The molecule has 0 amide bonds. The minimum Gasteiger partial charge on any atom is -0.347 e. The van der Waals surface area contributed by atoms with Crippen LogP contribution in [-0.4, -0.2) is 25.1 Å². The maximum absolute atomic E-state index is 13.0. The molecule has 2 aromatic rings. The summed E-state index contributed by atoms with van der Waals surface area (Å²) in [6.07, 6.45) is 2.06. The monoisotopic (exact) mass is 357 g/mol. The van der Waals surface area contributed by atoms with Crippen LogP contribution in [0.3, 0.4) is 0 Å². The highest BCUT2D eigenvalue weighted by molar-refractivity contribution is 7.89. The quantitative estimate of drug-likeness (QED) is 0.862. The van der Waals surface area contributed by atoms with Gasteiger partial charge < -0.3 is 10.3 Å². The maximum atomic E-state index is 13.0. The number of hydrogen-bond acceptors (Lipinski definition) is 3. The average Bonchev–Trinajstić information content (AvgIpc) is 3.28. The Bertz CT molecular complexity index is 827. The van der Waals surface area contributed by atoms with Crippen molar-refractivity contribution in [2.24, 2.45) is 18.7 Å². The number of benzene rings is 1. The summed E-state index contributed by atoms with van der Waals surface area (Å²) in [5.74, 6) is 0.336. The second-order valence-electron chi connectivity index (χ2n) is 6.49. The van der Waals surface area contributed by atoms with Crippen molar-refractivity contribution >= 4 is 33.3 Å². The van der Waals surface area contributed by atoms with Crippen LogP contribution in [0.1, 0.15) is 25.5 Å². The van der Waals surface area contributed by atoms with Crippen LogP contribution in [0, 0.1) is 12.8 Å². The number of hydrogen-bond donors (Lipinski definition) is 2. The van der Waals surface area contributed by atoms with Crippen molar-refractivity contribution in [3.05, 3.63) is 30.0 Å². The third kappa shape index (κ3) is 3.01. The summed E-state index contributed by atoms with van der Waals surface area (Å²) in [5.41, 5.74) is 6.95. The van der Waals surface area contributed by atoms with E-state index in [1.165, 1.54) is 0 Å². The zero-order valence-electron chi connectivity index (χ0n) is 13.7.